The van der Waals surface area contributed by atoms with Crippen molar-refractivity contribution in [3.63, 3.8) is 0 Å². The molecule has 1 N–H and O–H groups in total. The lowest BCUT2D eigenvalue weighted by Gasteiger charge is -2.25. The highest BCUT2D eigenvalue weighted by molar-refractivity contribution is 5.51. The molecule has 1 aliphatic carbocycles. The van der Waals surface area contributed by atoms with Crippen molar-refractivity contribution < 1.29 is 19.8 Å². The highest BCUT2D eigenvalue weighted by atomic mass is 16.9. The van der Waals surface area contributed by atoms with E-state index in [2.05, 4.69) is 17.8 Å². The summed E-state index contributed by atoms with van der Waals surface area (Å²) in [6.45, 7) is 6.25. The third kappa shape index (κ3) is 6.77. The van der Waals surface area contributed by atoms with Crippen molar-refractivity contribution in [2.75, 3.05) is 6.61 Å². The predicted molar refractivity (Wildman–Crippen MR) is 105 cm³/mol. The molecule has 0 spiro atoms. The van der Waals surface area contributed by atoms with Gasteiger partial charge in [-0.05, 0) is 77.0 Å². The van der Waals surface area contributed by atoms with Crippen LogP contribution < -0.4 is 4.74 Å². The quantitative estimate of drug-likeness (QED) is 0.258. The van der Waals surface area contributed by atoms with Crippen molar-refractivity contribution >= 4 is 0 Å². The molecule has 0 radical (unpaired) electrons. The van der Waals surface area contributed by atoms with Gasteiger partial charge in [0, 0.05) is 11.5 Å². The van der Waals surface area contributed by atoms with Crippen molar-refractivity contribution in [2.45, 2.75) is 77.7 Å². The Labute approximate surface area is 161 Å². The van der Waals surface area contributed by atoms with Crippen LogP contribution in [0, 0.1) is 10.1 Å². The van der Waals surface area contributed by atoms with Gasteiger partial charge in [-0.25, -0.2) is 0 Å². The number of hydrogen-bond acceptors (Lipinski definition) is 5. The molecule has 27 heavy (non-hydrogen) atoms. The van der Waals surface area contributed by atoms with Gasteiger partial charge in [-0.1, -0.05) is 18.1 Å². The molecule has 1 aromatic carbocycles. The number of unbranched alkanes of at least 4 members (excludes halogenated alkanes) is 2. The Kier molecular flexibility index (Phi) is 7.95. The molecule has 0 fully saturated rings. The highest BCUT2D eigenvalue weighted by Crippen LogP contribution is 2.42. The molecule has 0 bridgehead atoms. The molecular formula is C21H31NO5. The fourth-order valence-electron chi connectivity index (χ4n) is 3.62. The Morgan fingerprint density at radius 3 is 2.74 bits per heavy atom. The zero-order valence-electron chi connectivity index (χ0n) is 16.6. The number of hydrogen-bond donors (Lipinski definition) is 1. The summed E-state index contributed by atoms with van der Waals surface area (Å²) in [5.74, 6) is 1.27. The van der Waals surface area contributed by atoms with Crippen LogP contribution in [0.3, 0.4) is 0 Å². The van der Waals surface area contributed by atoms with Gasteiger partial charge in [0.25, 0.3) is 5.09 Å². The van der Waals surface area contributed by atoms with Crippen molar-refractivity contribution in [3.05, 3.63) is 45.0 Å². The van der Waals surface area contributed by atoms with Gasteiger partial charge in [-0.2, -0.15) is 0 Å². The molecule has 0 amide bonds. The van der Waals surface area contributed by atoms with Crippen LogP contribution in [0.5, 0.6) is 11.5 Å². The van der Waals surface area contributed by atoms with Crippen LogP contribution in [0.2, 0.25) is 0 Å². The molecule has 6 heteroatoms. The van der Waals surface area contributed by atoms with Gasteiger partial charge in [-0.3, -0.25) is 0 Å². The van der Waals surface area contributed by atoms with Crippen molar-refractivity contribution in [1.82, 2.24) is 0 Å². The number of nitrogens with zero attached hydrogens (tertiary/aromatic N) is 1. The molecular weight excluding hydrogens is 346 g/mol. The van der Waals surface area contributed by atoms with Crippen LogP contribution in [0.25, 0.3) is 0 Å². The maximum atomic E-state index is 10.7. The summed E-state index contributed by atoms with van der Waals surface area (Å²) in [5, 5.41) is 20.1. The largest absolute Gasteiger partial charge is 0.507 e. The first-order valence-corrected chi connectivity index (χ1v) is 9.84. The fourth-order valence-corrected chi connectivity index (χ4v) is 3.62. The van der Waals surface area contributed by atoms with E-state index in [9.17, 15) is 15.2 Å². The fraction of sp³-hybridized carbons (Fsp3) is 0.619. The summed E-state index contributed by atoms with van der Waals surface area (Å²) in [6.07, 6.45) is 8.71. The summed E-state index contributed by atoms with van der Waals surface area (Å²) in [5.41, 5.74) is 3.28. The Bertz CT molecular complexity index is 669. The molecule has 2 rings (SSSR count). The number of aromatic hydroxyl groups is 1. The molecule has 0 aromatic heterocycles. The Balaban J connectivity index is 2.08. The first-order valence-electron chi connectivity index (χ1n) is 9.84. The monoisotopic (exact) mass is 377 g/mol. The van der Waals surface area contributed by atoms with Crippen molar-refractivity contribution in [1.29, 1.82) is 0 Å². The number of phenolic OH excluding ortho intramolecular Hbond substituents is 1. The first kappa shape index (κ1) is 21.1. The van der Waals surface area contributed by atoms with Crippen molar-refractivity contribution in [3.8, 4) is 11.5 Å². The second-order valence-corrected chi connectivity index (χ2v) is 7.57. The summed E-state index contributed by atoms with van der Waals surface area (Å²) in [6, 6.07) is 3.88. The van der Waals surface area contributed by atoms with E-state index in [0.29, 0.717) is 12.2 Å². The lowest BCUT2D eigenvalue weighted by atomic mass is 9.84. The van der Waals surface area contributed by atoms with Crippen LogP contribution >= 0.6 is 0 Å². The first-order chi connectivity index (χ1) is 12.9. The normalized spacial score (nSPS) is 16.9. The maximum Gasteiger partial charge on any atom is 0.294 e. The van der Waals surface area contributed by atoms with E-state index >= 15 is 0 Å². The zero-order chi connectivity index (χ0) is 19.8. The van der Waals surface area contributed by atoms with Gasteiger partial charge in [0.15, 0.2) is 0 Å². The van der Waals surface area contributed by atoms with E-state index < -0.39 is 5.09 Å². The standard InChI is InChI=1S/C21H31NO5/c1-15(2)27-20-14-17(9-5-4-6-11-26-22(24)25)13-19(23)21(20)18-10-7-8-16(3)12-18/h12-15,18,23H,4-11H2,1-3H3. The molecule has 1 aromatic rings. The minimum absolute atomic E-state index is 0.0337. The summed E-state index contributed by atoms with van der Waals surface area (Å²) in [7, 11) is 0. The van der Waals surface area contributed by atoms with Crippen molar-refractivity contribution in [2.24, 2.45) is 0 Å². The number of rotatable bonds is 10. The third-order valence-electron chi connectivity index (χ3n) is 4.79. The van der Waals surface area contributed by atoms with E-state index in [0.717, 1.165) is 55.4 Å². The summed E-state index contributed by atoms with van der Waals surface area (Å²) >= 11 is 0. The molecule has 0 aliphatic heterocycles. The number of phenols is 1. The number of ether oxygens (including phenoxy) is 1. The van der Waals surface area contributed by atoms with E-state index in [1.54, 1.807) is 0 Å². The van der Waals surface area contributed by atoms with Gasteiger partial charge in [0.2, 0.25) is 0 Å². The molecule has 0 heterocycles. The third-order valence-corrected chi connectivity index (χ3v) is 4.79. The Morgan fingerprint density at radius 2 is 2.07 bits per heavy atom. The average Bonchev–Trinajstić information content (AvgIpc) is 2.57. The number of benzene rings is 1. The molecule has 0 saturated heterocycles. The Hall–Kier alpha value is -2.24. The minimum Gasteiger partial charge on any atom is -0.507 e. The second kappa shape index (κ2) is 10.2. The Morgan fingerprint density at radius 1 is 1.30 bits per heavy atom. The molecule has 1 atom stereocenters. The minimum atomic E-state index is -0.756. The SMILES string of the molecule is CC1=CC(c2c(O)cc(CCCCCO[N+](=O)[O-])cc2OC(C)C)CCC1. The lowest BCUT2D eigenvalue weighted by molar-refractivity contribution is -0.757. The zero-order valence-corrected chi connectivity index (χ0v) is 16.6. The predicted octanol–water partition coefficient (Wildman–Crippen LogP) is 5.31. The van der Waals surface area contributed by atoms with Gasteiger partial charge in [-0.15, -0.1) is 10.1 Å². The molecule has 1 unspecified atom stereocenters. The van der Waals surface area contributed by atoms with Crippen LogP contribution in [-0.4, -0.2) is 22.9 Å². The van der Waals surface area contributed by atoms with Gasteiger partial charge < -0.3 is 14.7 Å². The smallest absolute Gasteiger partial charge is 0.294 e. The number of aryl methyl sites for hydroxylation is 1. The summed E-state index contributed by atoms with van der Waals surface area (Å²) < 4.78 is 6.04. The average molecular weight is 377 g/mol. The van der Waals surface area contributed by atoms with Crippen LogP contribution in [0.1, 0.15) is 76.3 Å². The van der Waals surface area contributed by atoms with Gasteiger partial charge in [0.05, 0.1) is 12.7 Å². The molecule has 0 saturated carbocycles. The van der Waals surface area contributed by atoms with E-state index in [1.165, 1.54) is 5.57 Å². The number of allylic oxidation sites excluding steroid dienone is 2. The van der Waals surface area contributed by atoms with Crippen LogP contribution in [0.4, 0.5) is 0 Å². The van der Waals surface area contributed by atoms with Crippen LogP contribution in [0.15, 0.2) is 23.8 Å². The highest BCUT2D eigenvalue weighted by Gasteiger charge is 2.22. The van der Waals surface area contributed by atoms with Crippen LogP contribution in [-0.2, 0) is 11.3 Å². The topological polar surface area (TPSA) is 81.8 Å². The van der Waals surface area contributed by atoms with E-state index in [4.69, 9.17) is 4.74 Å². The van der Waals surface area contributed by atoms with E-state index in [1.807, 2.05) is 26.0 Å². The van der Waals surface area contributed by atoms with E-state index in [-0.39, 0.29) is 18.6 Å². The molecule has 150 valence electrons. The molecule has 1 aliphatic rings. The lowest BCUT2D eigenvalue weighted by Crippen LogP contribution is -2.11. The summed E-state index contributed by atoms with van der Waals surface area (Å²) in [4.78, 5) is 14.5. The maximum absolute atomic E-state index is 10.7. The second-order valence-electron chi connectivity index (χ2n) is 7.57. The van der Waals surface area contributed by atoms with Gasteiger partial charge in [0.1, 0.15) is 11.5 Å². The molecule has 6 nitrogen and oxygen atoms in total. The van der Waals surface area contributed by atoms with Gasteiger partial charge >= 0.3 is 0 Å².